The van der Waals surface area contributed by atoms with E-state index in [-0.39, 0.29) is 11.8 Å². The molecule has 0 fully saturated rings. The van der Waals surface area contributed by atoms with Crippen LogP contribution in [0.25, 0.3) is 16.2 Å². The second-order valence-electron chi connectivity index (χ2n) is 17.4. The van der Waals surface area contributed by atoms with Crippen LogP contribution < -0.4 is 9.80 Å². The van der Waals surface area contributed by atoms with E-state index in [1.54, 1.807) is 23.5 Å². The van der Waals surface area contributed by atoms with Gasteiger partial charge in [-0.1, -0.05) is 108 Å². The Hall–Kier alpha value is -8.54. The van der Waals surface area contributed by atoms with E-state index in [4.69, 9.17) is 6.57 Å². The van der Waals surface area contributed by atoms with Crippen LogP contribution in [0.2, 0.25) is 0 Å². The molecule has 350 valence electrons. The number of nitriles is 1. The number of thioether (sulfide) groups is 2. The normalized spacial score (nSPS) is 13.1. The molecule has 0 saturated heterocycles. The molecule has 0 spiro atoms. The van der Waals surface area contributed by atoms with Crippen LogP contribution in [-0.4, -0.2) is 46.2 Å². The lowest BCUT2D eigenvalue weighted by Gasteiger charge is -2.28. The molecule has 8 aromatic carbocycles. The van der Waals surface area contributed by atoms with Crippen LogP contribution in [0.5, 0.6) is 0 Å². The van der Waals surface area contributed by atoms with Crippen LogP contribution in [-0.2, 0) is 9.59 Å². The zero-order chi connectivity index (χ0) is 49.6. The van der Waals surface area contributed by atoms with Crippen LogP contribution in [0, 0.1) is 31.8 Å². The predicted molar refractivity (Wildman–Crippen MR) is 294 cm³/mol. The van der Waals surface area contributed by atoms with E-state index in [1.165, 1.54) is 0 Å². The molecule has 0 N–H and O–H groups in total. The molecule has 0 aromatic heterocycles. The van der Waals surface area contributed by atoms with Gasteiger partial charge >= 0.3 is 0 Å². The van der Waals surface area contributed by atoms with Gasteiger partial charge in [0.2, 0.25) is 0 Å². The van der Waals surface area contributed by atoms with E-state index in [0.29, 0.717) is 58.4 Å². The Balaban J connectivity index is 1.08. The average molecular weight is 973 g/mol. The fourth-order valence-corrected chi connectivity index (χ4v) is 10.9. The molecule has 2 heterocycles. The van der Waals surface area contributed by atoms with Crippen molar-refractivity contribution >= 4 is 86.5 Å². The molecular weight excluding hydrogens is 925 g/mol. The minimum absolute atomic E-state index is 0.205. The molecule has 2 amide bonds. The van der Waals surface area contributed by atoms with E-state index < -0.39 is 0 Å². The zero-order valence-electron chi connectivity index (χ0n) is 39.8. The minimum atomic E-state index is -0.205. The Kier molecular flexibility index (Phi) is 13.9. The van der Waals surface area contributed by atoms with E-state index >= 15 is 9.59 Å². The molecule has 0 radical (unpaired) electrons. The molecule has 8 aromatic rings. The topological polar surface area (TPSA) is 75.2 Å². The number of benzene rings is 8. The molecule has 2 aliphatic heterocycles. The SMILES string of the molecule is [C-]#[N+]c1ccc(N(c2ccc(C)cc2)c2ccc(C3=C4C(=O)N(CCSc5ccccc5)C(c5ccc(N(c6ccc(C)cc6)c6ccc(C#N)cc6)cc5)=C4C(=O)N3CCSc3ccccc3)cc2)cc1. The Morgan fingerprint density at radius 3 is 1.15 bits per heavy atom. The van der Waals surface area contributed by atoms with E-state index in [0.717, 1.165) is 66.2 Å². The summed E-state index contributed by atoms with van der Waals surface area (Å²) in [6, 6.07) is 70.4. The number of hydrogen-bond acceptors (Lipinski definition) is 7. The van der Waals surface area contributed by atoms with Crippen molar-refractivity contribution in [3.05, 3.63) is 257 Å². The van der Waals surface area contributed by atoms with Crippen LogP contribution >= 0.6 is 23.5 Å². The minimum Gasteiger partial charge on any atom is -0.311 e. The van der Waals surface area contributed by atoms with Crippen molar-refractivity contribution < 1.29 is 9.59 Å². The lowest BCUT2D eigenvalue weighted by Crippen LogP contribution is -2.32. The van der Waals surface area contributed by atoms with Gasteiger partial charge in [-0.25, -0.2) is 4.85 Å². The molecule has 2 aliphatic rings. The predicted octanol–water partition coefficient (Wildman–Crippen LogP) is 15.1. The Labute approximate surface area is 429 Å². The smallest absolute Gasteiger partial charge is 0.261 e. The standard InChI is InChI=1S/C62H48N6O2S2/c1-43-14-26-49(27-15-43)67(51-30-18-45(42-63)19-31-51)52-32-20-46(21-33-52)59-57-58(62(70)65(59)38-40-71-55-10-6-4-7-11-55)60(66(61(57)69)39-41-72-56-12-8-5-9-13-56)47-22-34-53(35-23-47)68(50-28-16-44(2)17-29-50)54-36-24-48(64-3)25-37-54/h4-37H,38-41H2,1-2H3. The monoisotopic (exact) mass is 972 g/mol. The molecule has 8 nitrogen and oxygen atoms in total. The lowest BCUT2D eigenvalue weighted by molar-refractivity contribution is -0.123. The summed E-state index contributed by atoms with van der Waals surface area (Å²) < 4.78 is 0. The maximum atomic E-state index is 15.4. The maximum absolute atomic E-state index is 15.4. The number of amides is 2. The average Bonchev–Trinajstić information content (AvgIpc) is 3.87. The molecule has 10 rings (SSSR count). The first kappa shape index (κ1) is 47.2. The number of carbonyl (C=O) groups is 2. The van der Waals surface area contributed by atoms with E-state index in [1.807, 2.05) is 143 Å². The van der Waals surface area contributed by atoms with Gasteiger partial charge in [0.25, 0.3) is 11.8 Å². The molecule has 0 unspecified atom stereocenters. The summed E-state index contributed by atoms with van der Waals surface area (Å²) in [5.41, 5.74) is 12.4. The second-order valence-corrected chi connectivity index (χ2v) is 19.7. The molecule has 0 atom stereocenters. The fraction of sp³-hybridized carbons (Fsp3) is 0.0968. The van der Waals surface area contributed by atoms with Gasteiger partial charge < -0.3 is 19.6 Å². The van der Waals surface area contributed by atoms with Crippen molar-refractivity contribution in [2.75, 3.05) is 34.4 Å². The first-order valence-electron chi connectivity index (χ1n) is 23.7. The summed E-state index contributed by atoms with van der Waals surface area (Å²) in [6.45, 7) is 12.4. The van der Waals surface area contributed by atoms with Gasteiger partial charge in [0.05, 0.1) is 40.7 Å². The number of anilines is 6. The van der Waals surface area contributed by atoms with Gasteiger partial charge in [-0.15, -0.1) is 23.5 Å². The highest BCUT2D eigenvalue weighted by Gasteiger charge is 2.48. The van der Waals surface area contributed by atoms with Gasteiger partial charge in [-0.05, 0) is 134 Å². The van der Waals surface area contributed by atoms with Crippen LogP contribution in [0.3, 0.4) is 0 Å². The second kappa shape index (κ2) is 21.2. The zero-order valence-corrected chi connectivity index (χ0v) is 41.4. The van der Waals surface area contributed by atoms with Crippen molar-refractivity contribution in [3.8, 4) is 6.07 Å². The van der Waals surface area contributed by atoms with Crippen LogP contribution in [0.4, 0.5) is 39.8 Å². The summed E-state index contributed by atoms with van der Waals surface area (Å²) in [4.78, 5) is 44.5. The molecule has 0 saturated carbocycles. The Morgan fingerprint density at radius 2 is 0.806 bits per heavy atom. The number of aryl methyl sites for hydroxylation is 2. The van der Waals surface area contributed by atoms with Crippen LogP contribution in [0.1, 0.15) is 27.8 Å². The lowest BCUT2D eigenvalue weighted by atomic mass is 10.0. The number of hydrogen-bond donors (Lipinski definition) is 0. The summed E-state index contributed by atoms with van der Waals surface area (Å²) >= 11 is 3.35. The van der Waals surface area contributed by atoms with Crippen molar-refractivity contribution in [2.45, 2.75) is 23.6 Å². The summed E-state index contributed by atoms with van der Waals surface area (Å²) in [5, 5.41) is 9.58. The summed E-state index contributed by atoms with van der Waals surface area (Å²) in [5.74, 6) is 0.811. The van der Waals surface area contributed by atoms with Gasteiger partial charge in [0, 0.05) is 68.5 Å². The quantitative estimate of drug-likeness (QED) is 0.0705. The van der Waals surface area contributed by atoms with Crippen molar-refractivity contribution in [1.82, 2.24) is 9.80 Å². The van der Waals surface area contributed by atoms with E-state index in [2.05, 4.69) is 107 Å². The fourth-order valence-electron chi connectivity index (χ4n) is 9.15. The number of fused-ring (bicyclic) bond motifs is 1. The van der Waals surface area contributed by atoms with Crippen molar-refractivity contribution in [2.24, 2.45) is 0 Å². The van der Waals surface area contributed by atoms with E-state index in [9.17, 15) is 5.26 Å². The highest BCUT2D eigenvalue weighted by Crippen LogP contribution is 2.48. The molecule has 10 heteroatoms. The number of rotatable bonds is 16. The highest BCUT2D eigenvalue weighted by atomic mass is 32.2. The highest BCUT2D eigenvalue weighted by molar-refractivity contribution is 7.99. The Bertz CT molecular complexity index is 3170. The third-order valence-electron chi connectivity index (χ3n) is 12.7. The molecular formula is C62H48N6O2S2. The largest absolute Gasteiger partial charge is 0.311 e. The van der Waals surface area contributed by atoms with Gasteiger partial charge in [0.15, 0.2) is 5.69 Å². The molecule has 0 bridgehead atoms. The molecule has 0 aliphatic carbocycles. The third kappa shape index (κ3) is 9.79. The molecule has 72 heavy (non-hydrogen) atoms. The van der Waals surface area contributed by atoms with Crippen molar-refractivity contribution in [3.63, 3.8) is 0 Å². The Morgan fingerprint density at radius 1 is 0.472 bits per heavy atom. The first-order valence-corrected chi connectivity index (χ1v) is 25.7. The number of carbonyl (C=O) groups excluding carboxylic acids is 2. The maximum Gasteiger partial charge on any atom is 0.261 e. The van der Waals surface area contributed by atoms with Crippen molar-refractivity contribution in [1.29, 1.82) is 5.26 Å². The van der Waals surface area contributed by atoms with Crippen LogP contribution in [0.15, 0.2) is 227 Å². The summed E-state index contributed by atoms with van der Waals surface area (Å²) in [6.07, 6.45) is 0. The van der Waals surface area contributed by atoms with Gasteiger partial charge in [-0.2, -0.15) is 5.26 Å². The third-order valence-corrected chi connectivity index (χ3v) is 14.7. The number of nitrogens with zero attached hydrogens (tertiary/aromatic N) is 6. The van der Waals surface area contributed by atoms with Gasteiger partial charge in [-0.3, -0.25) is 9.59 Å². The first-order chi connectivity index (χ1) is 35.3. The summed E-state index contributed by atoms with van der Waals surface area (Å²) in [7, 11) is 0. The van der Waals surface area contributed by atoms with Gasteiger partial charge in [0.1, 0.15) is 0 Å².